The van der Waals surface area contributed by atoms with Crippen molar-refractivity contribution < 1.29 is 23.8 Å². The number of hydrogen-bond acceptors (Lipinski definition) is 5. The summed E-state index contributed by atoms with van der Waals surface area (Å²) >= 11 is 2.23. The molecule has 4 atom stereocenters. The van der Waals surface area contributed by atoms with Crippen molar-refractivity contribution in [2.45, 2.75) is 61.9 Å². The van der Waals surface area contributed by atoms with Crippen LogP contribution in [0.25, 0.3) is 0 Å². The molecule has 0 aromatic carbocycles. The van der Waals surface area contributed by atoms with E-state index < -0.39 is 23.7 Å². The van der Waals surface area contributed by atoms with Crippen molar-refractivity contribution in [3.05, 3.63) is 12.3 Å². The first kappa shape index (κ1) is 16.5. The van der Waals surface area contributed by atoms with Gasteiger partial charge in [0, 0.05) is 23.5 Å². The van der Waals surface area contributed by atoms with Crippen LogP contribution in [-0.4, -0.2) is 50.8 Å². The van der Waals surface area contributed by atoms with Gasteiger partial charge in [0.25, 0.3) is 0 Å². The zero-order valence-electron chi connectivity index (χ0n) is 13.1. The van der Waals surface area contributed by atoms with Gasteiger partial charge in [-0.05, 0) is 18.9 Å². The number of ketones is 1. The highest BCUT2D eigenvalue weighted by Crippen LogP contribution is 2.53. The van der Waals surface area contributed by atoms with E-state index in [2.05, 4.69) is 28.5 Å². The van der Waals surface area contributed by atoms with Gasteiger partial charge in [-0.2, -0.15) is 0 Å². The minimum absolute atomic E-state index is 0.178. The quantitative estimate of drug-likeness (QED) is 0.280. The van der Waals surface area contributed by atoms with E-state index in [4.69, 9.17) is 20.6 Å². The van der Waals surface area contributed by atoms with E-state index in [1.54, 1.807) is 0 Å². The van der Waals surface area contributed by atoms with E-state index in [1.165, 1.54) is 17.2 Å². The summed E-state index contributed by atoms with van der Waals surface area (Å²) in [6.45, 7) is 0. The Morgan fingerprint density at radius 1 is 1.38 bits per heavy atom. The lowest BCUT2D eigenvalue weighted by molar-refractivity contribution is -0.225. The third kappa shape index (κ3) is 2.27. The van der Waals surface area contributed by atoms with E-state index in [-0.39, 0.29) is 24.2 Å². The molecular weight excluding hydrogens is 425 g/mol. The number of ether oxygens (including phenoxy) is 3. The maximum atomic E-state index is 12.4. The monoisotopic (exact) mass is 443 g/mol. The zero-order chi connectivity index (χ0) is 16.9. The minimum atomic E-state index is -1.14. The maximum absolute atomic E-state index is 12.4. The number of carbonyl (C=O) groups excluding carboxylic acids is 2. The summed E-state index contributed by atoms with van der Waals surface area (Å²) in [7, 11) is 0. The van der Waals surface area contributed by atoms with Crippen LogP contribution in [0.1, 0.15) is 32.1 Å². The molecule has 0 bridgehead atoms. The number of hydrogen-bond donors (Lipinski definition) is 0. The summed E-state index contributed by atoms with van der Waals surface area (Å²) < 4.78 is 19.4. The molecule has 2 saturated heterocycles. The highest BCUT2D eigenvalue weighted by molar-refractivity contribution is 14.1. The van der Waals surface area contributed by atoms with Crippen LogP contribution in [0.3, 0.4) is 0 Å². The smallest absolute Gasteiger partial charge is 0.236 e. The number of terminal acetylenes is 1. The van der Waals surface area contributed by atoms with Gasteiger partial charge in [0.2, 0.25) is 11.5 Å². The Labute approximate surface area is 154 Å². The molecule has 4 rings (SSSR count). The van der Waals surface area contributed by atoms with Crippen molar-refractivity contribution in [3.63, 3.8) is 0 Å². The molecule has 24 heavy (non-hydrogen) atoms. The second kappa shape index (κ2) is 5.80. The van der Waals surface area contributed by atoms with Gasteiger partial charge in [-0.3, -0.25) is 14.5 Å². The summed E-state index contributed by atoms with van der Waals surface area (Å²) in [5.74, 6) is 1.53. The number of rotatable bonds is 2. The average molecular weight is 443 g/mol. The molecule has 1 amide bonds. The molecule has 7 heteroatoms. The van der Waals surface area contributed by atoms with Crippen molar-refractivity contribution in [1.82, 2.24) is 4.90 Å². The second-order valence-electron chi connectivity index (χ2n) is 6.64. The van der Waals surface area contributed by atoms with Gasteiger partial charge in [0.05, 0.1) is 12.5 Å². The molecule has 0 unspecified atom stereocenters. The van der Waals surface area contributed by atoms with Crippen molar-refractivity contribution >= 4 is 34.3 Å². The average Bonchev–Trinajstić information content (AvgIpc) is 3.22. The van der Waals surface area contributed by atoms with Crippen molar-refractivity contribution in [2.24, 2.45) is 0 Å². The number of carbonyl (C=O) groups is 2. The fraction of sp³-hybridized carbons (Fsp3) is 0.647. The lowest BCUT2D eigenvalue weighted by atomic mass is 9.94. The van der Waals surface area contributed by atoms with Crippen LogP contribution < -0.4 is 0 Å². The van der Waals surface area contributed by atoms with Crippen LogP contribution in [0.2, 0.25) is 0 Å². The number of amides is 1. The first-order valence-electron chi connectivity index (χ1n) is 8.13. The molecule has 0 aromatic rings. The first-order chi connectivity index (χ1) is 11.5. The van der Waals surface area contributed by atoms with E-state index >= 15 is 0 Å². The van der Waals surface area contributed by atoms with Crippen molar-refractivity contribution in [3.8, 4) is 12.3 Å². The Bertz CT molecular complexity index is 650. The molecule has 3 fully saturated rings. The van der Waals surface area contributed by atoms with Crippen LogP contribution in [0.4, 0.5) is 0 Å². The van der Waals surface area contributed by atoms with Crippen molar-refractivity contribution in [1.29, 1.82) is 0 Å². The van der Waals surface area contributed by atoms with Crippen LogP contribution in [0.5, 0.6) is 0 Å². The van der Waals surface area contributed by atoms with Crippen LogP contribution in [0, 0.1) is 12.3 Å². The molecule has 4 aliphatic rings. The van der Waals surface area contributed by atoms with Gasteiger partial charge in [0.1, 0.15) is 6.10 Å². The van der Waals surface area contributed by atoms with Crippen LogP contribution >= 0.6 is 22.6 Å². The van der Waals surface area contributed by atoms with Gasteiger partial charge >= 0.3 is 0 Å². The molecule has 0 aromatic heterocycles. The summed E-state index contributed by atoms with van der Waals surface area (Å²) in [6, 6.07) is 0. The molecule has 0 radical (unpaired) electrons. The molecule has 3 aliphatic heterocycles. The Morgan fingerprint density at radius 2 is 2.12 bits per heavy atom. The van der Waals surface area contributed by atoms with Gasteiger partial charge in [-0.25, -0.2) is 0 Å². The Hall–Kier alpha value is -0.950. The summed E-state index contributed by atoms with van der Waals surface area (Å²) in [5.41, 5.74) is -1.14. The molecule has 128 valence electrons. The van der Waals surface area contributed by atoms with E-state index in [0.29, 0.717) is 4.43 Å². The largest absolute Gasteiger partial charge is 0.347 e. The zero-order valence-corrected chi connectivity index (χ0v) is 15.2. The minimum Gasteiger partial charge on any atom is -0.347 e. The predicted octanol–water partition coefficient (Wildman–Crippen LogP) is 1.52. The number of alkyl halides is 1. The standard InChI is InChI=1S/C17H18INO5/c1-2-17-14(23-16(24-17)6-3-4-7-16)12(10-18)22-15(17)19-8-5-11(20)9-13(19)21/h1,5,8,12,14-15H,3-4,6-7,9-10H2/t12-,14-,15-,17-/m1/s1. The summed E-state index contributed by atoms with van der Waals surface area (Å²) in [4.78, 5) is 25.2. The molecule has 3 heterocycles. The molecular formula is C17H18INO5. The van der Waals surface area contributed by atoms with Gasteiger partial charge in [-0.15, -0.1) is 6.42 Å². The molecule has 1 aliphatic carbocycles. The van der Waals surface area contributed by atoms with Gasteiger partial charge in [-0.1, -0.05) is 28.5 Å². The fourth-order valence-electron chi connectivity index (χ4n) is 4.05. The normalized spacial score (nSPS) is 40.3. The van der Waals surface area contributed by atoms with E-state index in [0.717, 1.165) is 25.7 Å². The van der Waals surface area contributed by atoms with Crippen molar-refractivity contribution in [2.75, 3.05) is 4.43 Å². The van der Waals surface area contributed by atoms with Crippen LogP contribution in [0.15, 0.2) is 12.3 Å². The Morgan fingerprint density at radius 3 is 2.75 bits per heavy atom. The third-order valence-corrected chi connectivity index (χ3v) is 6.03. The highest BCUT2D eigenvalue weighted by Gasteiger charge is 2.69. The number of fused-ring (bicyclic) bond motifs is 1. The second-order valence-corrected chi connectivity index (χ2v) is 7.52. The molecule has 1 saturated carbocycles. The maximum Gasteiger partial charge on any atom is 0.236 e. The lowest BCUT2D eigenvalue weighted by Gasteiger charge is -2.36. The predicted molar refractivity (Wildman–Crippen MR) is 91.9 cm³/mol. The summed E-state index contributed by atoms with van der Waals surface area (Å²) in [5, 5.41) is 0. The number of allylic oxidation sites excluding steroid dienone is 1. The Kier molecular flexibility index (Phi) is 3.99. The number of halogens is 1. The SMILES string of the molecule is C#C[C@@]12OC3(CCCC3)O[C@@H]1[C@@H](CI)O[C@H]2N1C=CC(=O)CC1=O. The van der Waals surface area contributed by atoms with E-state index in [9.17, 15) is 9.59 Å². The molecule has 6 nitrogen and oxygen atoms in total. The molecule has 1 spiro atoms. The lowest BCUT2D eigenvalue weighted by Crippen LogP contribution is -2.54. The number of nitrogens with zero attached hydrogens (tertiary/aromatic N) is 1. The fourth-order valence-corrected chi connectivity index (χ4v) is 4.72. The third-order valence-electron chi connectivity index (χ3n) is 5.16. The topological polar surface area (TPSA) is 65.1 Å². The van der Waals surface area contributed by atoms with Gasteiger partial charge in [0.15, 0.2) is 17.8 Å². The van der Waals surface area contributed by atoms with E-state index in [1.807, 2.05) is 0 Å². The van der Waals surface area contributed by atoms with Crippen LogP contribution in [-0.2, 0) is 23.8 Å². The Balaban J connectivity index is 1.72. The molecule has 0 N–H and O–H groups in total. The first-order valence-corrected chi connectivity index (χ1v) is 9.65. The highest BCUT2D eigenvalue weighted by atomic mass is 127. The van der Waals surface area contributed by atoms with Gasteiger partial charge < -0.3 is 14.2 Å². The summed E-state index contributed by atoms with van der Waals surface area (Å²) in [6.07, 6.45) is 10.8.